The van der Waals surface area contributed by atoms with Crippen molar-refractivity contribution in [2.45, 2.75) is 53.6 Å². The second kappa shape index (κ2) is 6.15. The van der Waals surface area contributed by atoms with Crippen LogP contribution in [-0.2, 0) is 4.79 Å². The third-order valence-electron chi connectivity index (χ3n) is 3.42. The molecule has 0 bridgehead atoms. The lowest BCUT2D eigenvalue weighted by atomic mass is 9.97. The highest BCUT2D eigenvalue weighted by Gasteiger charge is 2.23. The molecule has 1 heterocycles. The number of carbonyl (C=O) groups excluding carboxylic acids is 1. The minimum absolute atomic E-state index is 0.0491. The first-order chi connectivity index (χ1) is 8.73. The molecule has 0 aliphatic rings. The van der Waals surface area contributed by atoms with E-state index in [2.05, 4.69) is 23.3 Å². The van der Waals surface area contributed by atoms with Gasteiger partial charge < -0.3 is 5.73 Å². The van der Waals surface area contributed by atoms with Crippen LogP contribution in [0.3, 0.4) is 0 Å². The van der Waals surface area contributed by atoms with E-state index in [-0.39, 0.29) is 23.9 Å². The highest BCUT2D eigenvalue weighted by atomic mass is 16.1. The summed E-state index contributed by atoms with van der Waals surface area (Å²) in [6.07, 6.45) is 0. The van der Waals surface area contributed by atoms with E-state index in [0.29, 0.717) is 0 Å². The summed E-state index contributed by atoms with van der Waals surface area (Å²) >= 11 is 0. The van der Waals surface area contributed by atoms with E-state index >= 15 is 0 Å². The molecule has 106 valence electrons. The summed E-state index contributed by atoms with van der Waals surface area (Å²) in [7, 11) is 0. The summed E-state index contributed by atoms with van der Waals surface area (Å²) in [6.45, 7) is 12.1. The fraction of sp³-hybridized carbons (Fsp3) is 0.600. The van der Waals surface area contributed by atoms with Crippen LogP contribution in [0.15, 0.2) is 6.07 Å². The highest BCUT2D eigenvalue weighted by Crippen LogP contribution is 2.22. The average Bonchev–Trinajstić information content (AvgIpc) is 2.23. The Labute approximate surface area is 115 Å². The largest absolute Gasteiger partial charge is 0.368 e. The number of primary amides is 1. The number of hydrogen-bond donors (Lipinski definition) is 2. The average molecular weight is 263 g/mol. The lowest BCUT2D eigenvalue weighted by Gasteiger charge is -2.26. The monoisotopic (exact) mass is 263 g/mol. The van der Waals surface area contributed by atoms with Gasteiger partial charge in [0.15, 0.2) is 0 Å². The third kappa shape index (κ3) is 3.77. The van der Waals surface area contributed by atoms with E-state index in [4.69, 9.17) is 5.73 Å². The van der Waals surface area contributed by atoms with E-state index in [0.717, 1.165) is 17.0 Å². The maximum atomic E-state index is 11.5. The molecule has 0 aliphatic carbocycles. The molecule has 4 nitrogen and oxygen atoms in total. The van der Waals surface area contributed by atoms with E-state index in [9.17, 15) is 4.79 Å². The minimum Gasteiger partial charge on any atom is -0.368 e. The maximum Gasteiger partial charge on any atom is 0.234 e. The Balaban J connectivity index is 3.01. The molecule has 1 aromatic rings. The molecule has 19 heavy (non-hydrogen) atoms. The molecular formula is C15H25N3O. The molecule has 0 spiro atoms. The Morgan fingerprint density at radius 3 is 2.26 bits per heavy atom. The van der Waals surface area contributed by atoms with Gasteiger partial charge in [-0.05, 0) is 50.8 Å². The van der Waals surface area contributed by atoms with E-state index in [1.807, 2.05) is 34.6 Å². The van der Waals surface area contributed by atoms with Gasteiger partial charge in [-0.15, -0.1) is 0 Å². The molecule has 0 saturated heterocycles. The van der Waals surface area contributed by atoms with Crippen molar-refractivity contribution >= 4 is 5.91 Å². The minimum atomic E-state index is -0.324. The number of pyridine rings is 1. The summed E-state index contributed by atoms with van der Waals surface area (Å²) in [5, 5.41) is 3.32. The third-order valence-corrected chi connectivity index (χ3v) is 3.42. The van der Waals surface area contributed by atoms with Crippen molar-refractivity contribution in [3.05, 3.63) is 28.6 Å². The summed E-state index contributed by atoms with van der Waals surface area (Å²) in [4.78, 5) is 16.0. The highest BCUT2D eigenvalue weighted by molar-refractivity contribution is 5.80. The smallest absolute Gasteiger partial charge is 0.234 e. The predicted molar refractivity (Wildman–Crippen MR) is 77.8 cm³/mol. The molecule has 0 fully saturated rings. The molecular weight excluding hydrogens is 238 g/mol. The van der Waals surface area contributed by atoms with Crippen molar-refractivity contribution in [1.82, 2.24) is 10.3 Å². The topological polar surface area (TPSA) is 68.0 Å². The van der Waals surface area contributed by atoms with E-state index in [1.54, 1.807) is 0 Å². The van der Waals surface area contributed by atoms with Crippen LogP contribution in [0.4, 0.5) is 0 Å². The first-order valence-electron chi connectivity index (χ1n) is 6.74. The van der Waals surface area contributed by atoms with Crippen LogP contribution in [0.2, 0.25) is 0 Å². The van der Waals surface area contributed by atoms with Gasteiger partial charge in [-0.1, -0.05) is 13.8 Å². The number of aryl methyl sites for hydroxylation is 3. The molecule has 1 amide bonds. The van der Waals surface area contributed by atoms with Crippen molar-refractivity contribution < 1.29 is 4.79 Å². The quantitative estimate of drug-likeness (QED) is 0.855. The molecule has 4 heteroatoms. The van der Waals surface area contributed by atoms with Gasteiger partial charge in [0, 0.05) is 17.4 Å². The molecule has 1 aromatic heterocycles. The second-order valence-corrected chi connectivity index (χ2v) is 5.59. The normalized spacial score (nSPS) is 14.5. The number of rotatable bonds is 5. The zero-order valence-electron chi connectivity index (χ0n) is 12.7. The van der Waals surface area contributed by atoms with Gasteiger partial charge >= 0.3 is 0 Å². The molecule has 0 aliphatic heterocycles. The molecule has 2 unspecified atom stereocenters. The lowest BCUT2D eigenvalue weighted by molar-refractivity contribution is -0.121. The molecule has 0 saturated carbocycles. The van der Waals surface area contributed by atoms with Crippen molar-refractivity contribution in [3.8, 4) is 0 Å². The van der Waals surface area contributed by atoms with Crippen molar-refractivity contribution in [3.63, 3.8) is 0 Å². The van der Waals surface area contributed by atoms with Gasteiger partial charge in [0.1, 0.15) is 0 Å². The number of aromatic nitrogens is 1. The first kappa shape index (κ1) is 15.6. The maximum absolute atomic E-state index is 11.5. The Kier molecular flexibility index (Phi) is 5.06. The SMILES string of the molecule is Cc1cc(C)c(C(C)NC(C(N)=O)C(C)C)c(C)n1. The summed E-state index contributed by atoms with van der Waals surface area (Å²) in [5.74, 6) is -0.142. The van der Waals surface area contributed by atoms with Crippen LogP contribution in [0.25, 0.3) is 0 Å². The fourth-order valence-corrected chi connectivity index (χ4v) is 2.64. The predicted octanol–water partition coefficient (Wildman–Crippen LogP) is 2.17. The molecule has 3 N–H and O–H groups in total. The molecule has 1 rings (SSSR count). The number of nitrogens with zero attached hydrogens (tertiary/aromatic N) is 1. The Morgan fingerprint density at radius 1 is 1.26 bits per heavy atom. The van der Waals surface area contributed by atoms with Gasteiger partial charge in [-0.3, -0.25) is 15.1 Å². The molecule has 0 radical (unpaired) electrons. The van der Waals surface area contributed by atoms with Crippen molar-refractivity contribution in [1.29, 1.82) is 0 Å². The Bertz CT molecular complexity index is 445. The Morgan fingerprint density at radius 2 is 1.84 bits per heavy atom. The van der Waals surface area contributed by atoms with E-state index < -0.39 is 0 Å². The number of amides is 1. The summed E-state index contributed by atoms with van der Waals surface area (Å²) in [5.41, 5.74) is 9.81. The molecule has 2 atom stereocenters. The van der Waals surface area contributed by atoms with Gasteiger partial charge in [0.2, 0.25) is 5.91 Å². The van der Waals surface area contributed by atoms with Crippen LogP contribution in [0, 0.1) is 26.7 Å². The van der Waals surface area contributed by atoms with Gasteiger partial charge in [-0.2, -0.15) is 0 Å². The zero-order valence-corrected chi connectivity index (χ0v) is 12.7. The lowest BCUT2D eigenvalue weighted by Crippen LogP contribution is -2.46. The Hall–Kier alpha value is -1.42. The summed E-state index contributed by atoms with van der Waals surface area (Å²) in [6, 6.07) is 1.79. The number of nitrogens with two attached hydrogens (primary N) is 1. The van der Waals surface area contributed by atoms with Gasteiger partial charge in [-0.25, -0.2) is 0 Å². The summed E-state index contributed by atoms with van der Waals surface area (Å²) < 4.78 is 0. The second-order valence-electron chi connectivity index (χ2n) is 5.59. The number of nitrogens with one attached hydrogen (secondary N) is 1. The fourth-order valence-electron chi connectivity index (χ4n) is 2.64. The number of carbonyl (C=O) groups is 1. The zero-order chi connectivity index (χ0) is 14.7. The standard InChI is InChI=1S/C15H25N3O/c1-8(2)14(15(16)19)18-12(6)13-9(3)7-10(4)17-11(13)5/h7-8,12,14,18H,1-6H3,(H2,16,19). The van der Waals surface area contributed by atoms with Crippen LogP contribution < -0.4 is 11.1 Å². The first-order valence-corrected chi connectivity index (χ1v) is 6.74. The van der Waals surface area contributed by atoms with Gasteiger partial charge in [0.05, 0.1) is 6.04 Å². The van der Waals surface area contributed by atoms with Gasteiger partial charge in [0.25, 0.3) is 0 Å². The molecule has 0 aromatic carbocycles. The van der Waals surface area contributed by atoms with Crippen LogP contribution in [-0.4, -0.2) is 16.9 Å². The van der Waals surface area contributed by atoms with Crippen molar-refractivity contribution in [2.75, 3.05) is 0 Å². The van der Waals surface area contributed by atoms with E-state index in [1.165, 1.54) is 5.56 Å². The van der Waals surface area contributed by atoms with Crippen LogP contribution in [0.5, 0.6) is 0 Å². The van der Waals surface area contributed by atoms with Crippen LogP contribution >= 0.6 is 0 Å². The number of hydrogen-bond acceptors (Lipinski definition) is 3. The van der Waals surface area contributed by atoms with Crippen molar-refractivity contribution in [2.24, 2.45) is 11.7 Å². The van der Waals surface area contributed by atoms with Crippen LogP contribution in [0.1, 0.15) is 49.3 Å².